The first-order chi connectivity index (χ1) is 23.1. The number of aromatic hydroxyl groups is 1. The predicted octanol–water partition coefficient (Wildman–Crippen LogP) is 6.64. The van der Waals surface area contributed by atoms with Gasteiger partial charge in [0.05, 0.1) is 17.5 Å². The number of carbonyl (C=O) groups excluding carboxylic acids is 4. The second-order valence-corrected chi connectivity index (χ2v) is 13.5. The van der Waals surface area contributed by atoms with Crippen LogP contribution in [0.15, 0.2) is 60.7 Å². The molecule has 4 aliphatic rings. The average molecular weight is 721 g/mol. The molecule has 1 N–H and O–H groups in total. The Labute approximate surface area is 283 Å². The summed E-state index contributed by atoms with van der Waals surface area (Å²) < 4.78 is 87.8. The third-order valence-corrected chi connectivity index (χ3v) is 11.3. The van der Waals surface area contributed by atoms with Crippen LogP contribution in [0, 0.1) is 52.7 Å². The fourth-order valence-corrected chi connectivity index (χ4v) is 8.59. The minimum Gasteiger partial charge on any atom is -0.505 e. The van der Waals surface area contributed by atoms with Gasteiger partial charge >= 0.3 is 0 Å². The summed E-state index contributed by atoms with van der Waals surface area (Å²) in [4.78, 5) is 51.3. The first-order valence-corrected chi connectivity index (χ1v) is 15.4. The van der Waals surface area contributed by atoms with Gasteiger partial charge in [-0.1, -0.05) is 42.5 Å². The molecular formula is C34H20Cl2F6N2O5. The molecule has 49 heavy (non-hydrogen) atoms. The van der Waals surface area contributed by atoms with Crippen LogP contribution in [-0.2, 0) is 19.2 Å². The summed E-state index contributed by atoms with van der Waals surface area (Å²) in [6, 6.07) is 9.09. The Morgan fingerprint density at radius 1 is 0.796 bits per heavy atom. The van der Waals surface area contributed by atoms with Crippen molar-refractivity contribution in [3.63, 3.8) is 0 Å². The van der Waals surface area contributed by atoms with Crippen LogP contribution in [-0.4, -0.2) is 38.5 Å². The average Bonchev–Trinajstić information content (AvgIpc) is 3.42. The summed E-state index contributed by atoms with van der Waals surface area (Å²) in [5.41, 5.74) is -1.04. The van der Waals surface area contributed by atoms with Crippen LogP contribution in [0.3, 0.4) is 0 Å². The van der Waals surface area contributed by atoms with E-state index in [2.05, 4.69) is 6.58 Å². The van der Waals surface area contributed by atoms with Crippen LogP contribution in [0.25, 0.3) is 6.08 Å². The number of hydrogen-bond donors (Lipinski definition) is 1. The molecule has 3 aromatic carbocycles. The molecule has 0 radical (unpaired) electrons. The van der Waals surface area contributed by atoms with Crippen molar-refractivity contribution in [2.24, 2.45) is 17.8 Å². The summed E-state index contributed by atoms with van der Waals surface area (Å²) in [6.07, 6.45) is 2.23. The van der Waals surface area contributed by atoms with E-state index in [0.29, 0.717) is 5.56 Å². The molecule has 1 saturated carbocycles. The maximum atomic E-state index is 15.1. The van der Waals surface area contributed by atoms with Crippen LogP contribution >= 0.6 is 23.2 Å². The van der Waals surface area contributed by atoms with Crippen LogP contribution in [0.1, 0.15) is 29.9 Å². The smallest absolute Gasteiger partial charge is 0.258 e. The predicted molar refractivity (Wildman–Crippen MR) is 164 cm³/mol. The summed E-state index contributed by atoms with van der Waals surface area (Å²) in [6.45, 7) is 3.67. The molecule has 6 atom stereocenters. The number of allylic oxidation sites excluding steroid dienone is 2. The minimum atomic E-state index is -2.81. The monoisotopic (exact) mass is 720 g/mol. The summed E-state index contributed by atoms with van der Waals surface area (Å²) >= 11 is 14.0. The fraction of sp³-hybridized carbons (Fsp3) is 0.235. The van der Waals surface area contributed by atoms with Crippen molar-refractivity contribution in [3.05, 3.63) is 107 Å². The van der Waals surface area contributed by atoms with Gasteiger partial charge in [0.2, 0.25) is 17.6 Å². The lowest BCUT2D eigenvalue weighted by molar-refractivity contribution is -0.125. The van der Waals surface area contributed by atoms with E-state index in [1.54, 1.807) is 18.2 Å². The van der Waals surface area contributed by atoms with E-state index in [0.717, 1.165) is 23.1 Å². The molecule has 252 valence electrons. The highest BCUT2D eigenvalue weighted by Crippen LogP contribution is 2.66. The van der Waals surface area contributed by atoms with Crippen LogP contribution in [0.4, 0.5) is 37.7 Å². The summed E-state index contributed by atoms with van der Waals surface area (Å²) in [5, 5.41) is 9.90. The first kappa shape index (κ1) is 32.9. The highest BCUT2D eigenvalue weighted by Gasteiger charge is 2.77. The third-order valence-electron chi connectivity index (χ3n) is 9.91. The molecule has 3 fully saturated rings. The van der Waals surface area contributed by atoms with Gasteiger partial charge in [-0.2, -0.15) is 0 Å². The maximum absolute atomic E-state index is 15.1. The number of phenols is 1. The van der Waals surface area contributed by atoms with Crippen LogP contribution < -0.4 is 9.80 Å². The molecule has 0 aromatic heterocycles. The molecule has 2 heterocycles. The number of benzene rings is 3. The molecule has 0 spiro atoms. The number of imide groups is 2. The van der Waals surface area contributed by atoms with Gasteiger partial charge in [0.1, 0.15) is 5.69 Å². The van der Waals surface area contributed by atoms with E-state index in [4.69, 9.17) is 23.2 Å². The van der Waals surface area contributed by atoms with Crippen molar-refractivity contribution < 1.29 is 50.6 Å². The Morgan fingerprint density at radius 2 is 1.41 bits per heavy atom. The van der Waals surface area contributed by atoms with Crippen molar-refractivity contribution in [2.75, 3.05) is 9.80 Å². The van der Waals surface area contributed by atoms with Gasteiger partial charge in [0, 0.05) is 5.92 Å². The number of halogens is 8. The molecule has 4 amide bonds. The number of phenolic OH excluding ortho intramolecular Hbond substituents is 1. The van der Waals surface area contributed by atoms with E-state index in [9.17, 15) is 41.8 Å². The zero-order chi connectivity index (χ0) is 35.5. The molecule has 7 rings (SSSR count). The quantitative estimate of drug-likeness (QED) is 0.0815. The number of amides is 4. The SMILES string of the molecule is C=Cc1ccc(N2C(=O)[C@H]3[C@H](CC=C4[C@H]3C[C@@]3(Cl)C(=O)N(c5c(F)c(F)c(F)c(F)c5F)C(=O)[C@@]3(Cl)[C@H]4c3ccc(O)c(F)c3)C2=O)cc1. The van der Waals surface area contributed by atoms with Crippen molar-refractivity contribution in [1.82, 2.24) is 0 Å². The van der Waals surface area contributed by atoms with E-state index in [-0.39, 0.29) is 28.1 Å². The minimum absolute atomic E-state index is 0.0921. The van der Waals surface area contributed by atoms with Crippen LogP contribution in [0.2, 0.25) is 0 Å². The van der Waals surface area contributed by atoms with E-state index < -0.39 is 110 Å². The lowest BCUT2D eigenvalue weighted by atomic mass is 9.56. The molecule has 15 heteroatoms. The van der Waals surface area contributed by atoms with E-state index in [1.807, 2.05) is 0 Å². The zero-order valence-corrected chi connectivity index (χ0v) is 26.1. The highest BCUT2D eigenvalue weighted by molar-refractivity contribution is 6.58. The van der Waals surface area contributed by atoms with Crippen LogP contribution in [0.5, 0.6) is 5.75 Å². The first-order valence-electron chi connectivity index (χ1n) is 14.7. The van der Waals surface area contributed by atoms with Gasteiger partial charge in [-0.3, -0.25) is 24.1 Å². The number of fused-ring (bicyclic) bond motifs is 4. The third kappa shape index (κ3) is 4.18. The van der Waals surface area contributed by atoms with Crippen molar-refractivity contribution >= 4 is 64.3 Å². The van der Waals surface area contributed by atoms with Gasteiger partial charge in [-0.15, -0.1) is 23.2 Å². The Balaban J connectivity index is 1.42. The molecule has 7 nitrogen and oxygen atoms in total. The highest BCUT2D eigenvalue weighted by atomic mass is 35.5. The van der Waals surface area contributed by atoms with Crippen molar-refractivity contribution in [1.29, 1.82) is 0 Å². The summed E-state index contributed by atoms with van der Waals surface area (Å²) in [5.74, 6) is -24.2. The molecule has 0 bridgehead atoms. The zero-order valence-electron chi connectivity index (χ0n) is 24.6. The van der Waals surface area contributed by atoms with Gasteiger partial charge in [-0.05, 0) is 54.2 Å². The lowest BCUT2D eigenvalue weighted by Crippen LogP contribution is -2.60. The van der Waals surface area contributed by atoms with Gasteiger partial charge in [-0.25, -0.2) is 31.2 Å². The molecule has 3 aromatic rings. The van der Waals surface area contributed by atoms with E-state index in [1.165, 1.54) is 18.2 Å². The van der Waals surface area contributed by atoms with Gasteiger partial charge < -0.3 is 5.11 Å². The molecule has 0 unspecified atom stereocenters. The second-order valence-electron chi connectivity index (χ2n) is 12.2. The summed E-state index contributed by atoms with van der Waals surface area (Å²) in [7, 11) is 0. The Hall–Kier alpha value is -4.62. The number of hydrogen-bond acceptors (Lipinski definition) is 5. The maximum Gasteiger partial charge on any atom is 0.258 e. The molecule has 2 aliphatic carbocycles. The molecule has 2 saturated heterocycles. The topological polar surface area (TPSA) is 95.0 Å². The number of anilines is 2. The molecular weight excluding hydrogens is 701 g/mol. The van der Waals surface area contributed by atoms with Gasteiger partial charge in [0.15, 0.2) is 44.6 Å². The normalized spacial score (nSPS) is 29.2. The largest absolute Gasteiger partial charge is 0.505 e. The molecule has 2 aliphatic heterocycles. The number of carbonyl (C=O) groups is 4. The second kappa shape index (κ2) is 10.9. The lowest BCUT2D eigenvalue weighted by Gasteiger charge is -2.50. The Bertz CT molecular complexity index is 2060. The Morgan fingerprint density at radius 3 is 2.00 bits per heavy atom. The number of alkyl halides is 2. The van der Waals surface area contributed by atoms with Crippen molar-refractivity contribution in [2.45, 2.75) is 28.5 Å². The van der Waals surface area contributed by atoms with Gasteiger partial charge in [0.25, 0.3) is 11.8 Å². The number of nitrogens with zero attached hydrogens (tertiary/aromatic N) is 2. The van der Waals surface area contributed by atoms with E-state index >= 15 is 8.78 Å². The van der Waals surface area contributed by atoms with Crippen molar-refractivity contribution in [3.8, 4) is 5.75 Å². The fourth-order valence-electron chi connectivity index (χ4n) is 7.66. The number of rotatable bonds is 4. The Kier molecular flexibility index (Phi) is 7.35. The standard InChI is InChI=1S/C34H20Cl2F6N2O5/c1-2-13-3-6-15(7-4-13)43-29(46)17-9-8-16-18(21(17)30(43)47)12-33(35)31(48)44(28-26(41)24(39)23(38)25(40)27(28)42)32(49)34(33,36)22(16)14-5-10-20(45)19(37)11-14/h2-8,10-11,17-18,21-22,45H,1,9,12H2/t17-,18+,21-,22-,33+,34-/m0/s1.